The molecule has 0 atom stereocenters. The van der Waals surface area contributed by atoms with Gasteiger partial charge >= 0.3 is 0 Å². The van der Waals surface area contributed by atoms with Gasteiger partial charge in [0.25, 0.3) is 0 Å². The van der Waals surface area contributed by atoms with Crippen molar-refractivity contribution in [2.24, 2.45) is 0 Å². The Morgan fingerprint density at radius 1 is 1.41 bits per heavy atom. The summed E-state index contributed by atoms with van der Waals surface area (Å²) in [6, 6.07) is 3.69. The van der Waals surface area contributed by atoms with E-state index in [0.717, 1.165) is 21.3 Å². The first-order valence-electron chi connectivity index (χ1n) is 4.79. The van der Waals surface area contributed by atoms with Gasteiger partial charge in [0.05, 0.1) is 29.6 Å². The van der Waals surface area contributed by atoms with Crippen LogP contribution in [0.3, 0.4) is 0 Å². The normalized spacial score (nSPS) is 12.4. The summed E-state index contributed by atoms with van der Waals surface area (Å²) in [4.78, 5) is 5.25. The van der Waals surface area contributed by atoms with Gasteiger partial charge in [0.1, 0.15) is 5.03 Å². The van der Waals surface area contributed by atoms with Gasteiger partial charge in [-0.3, -0.25) is 0 Å². The van der Waals surface area contributed by atoms with Crippen LogP contribution >= 0.6 is 23.4 Å². The van der Waals surface area contributed by atoms with Gasteiger partial charge in [-0.2, -0.15) is 5.10 Å². The van der Waals surface area contributed by atoms with E-state index in [-0.39, 0.29) is 0 Å². The quantitative estimate of drug-likeness (QED) is 0.731. The second-order valence-corrected chi connectivity index (χ2v) is 4.70. The van der Waals surface area contributed by atoms with Gasteiger partial charge in [-0.15, -0.1) is 5.10 Å². The van der Waals surface area contributed by atoms with Gasteiger partial charge in [-0.25, -0.2) is 4.98 Å². The molecule has 0 bridgehead atoms. The highest BCUT2D eigenvalue weighted by molar-refractivity contribution is 7.99. The molecule has 3 heterocycles. The third-order valence-electron chi connectivity index (χ3n) is 2.28. The second-order valence-electron chi connectivity index (χ2n) is 3.31. The van der Waals surface area contributed by atoms with E-state index in [1.165, 1.54) is 11.8 Å². The standard InChI is InChI=1S/C10H7ClN4OS/c1-16-7-3-2-5-10(14-7)17-6-4-12-15-9(11)8(6)13-5/h2-4,13H,1H3. The zero-order valence-corrected chi connectivity index (χ0v) is 10.3. The highest BCUT2D eigenvalue weighted by atomic mass is 35.5. The van der Waals surface area contributed by atoms with Crippen molar-refractivity contribution in [2.75, 3.05) is 12.4 Å². The van der Waals surface area contributed by atoms with Crippen molar-refractivity contribution in [2.45, 2.75) is 9.92 Å². The van der Waals surface area contributed by atoms with Crippen LogP contribution in [0.4, 0.5) is 11.4 Å². The van der Waals surface area contributed by atoms with E-state index in [0.29, 0.717) is 11.0 Å². The van der Waals surface area contributed by atoms with E-state index in [1.54, 1.807) is 19.4 Å². The first-order chi connectivity index (χ1) is 8.28. The Labute approximate surface area is 107 Å². The minimum absolute atomic E-state index is 0.358. The number of pyridine rings is 1. The van der Waals surface area contributed by atoms with Crippen LogP contribution in [0.2, 0.25) is 5.15 Å². The van der Waals surface area contributed by atoms with Crippen molar-refractivity contribution in [3.05, 3.63) is 23.5 Å². The molecule has 2 aromatic rings. The highest BCUT2D eigenvalue weighted by Gasteiger charge is 2.20. The highest BCUT2D eigenvalue weighted by Crippen LogP contribution is 2.45. The zero-order valence-electron chi connectivity index (χ0n) is 8.77. The molecule has 0 aliphatic carbocycles. The molecule has 0 fully saturated rings. The number of anilines is 2. The Morgan fingerprint density at radius 2 is 2.29 bits per heavy atom. The third-order valence-corrected chi connectivity index (χ3v) is 3.58. The average molecular weight is 267 g/mol. The van der Waals surface area contributed by atoms with Gasteiger partial charge in [0.15, 0.2) is 5.15 Å². The summed E-state index contributed by atoms with van der Waals surface area (Å²) in [5, 5.41) is 12.0. The number of nitrogens with zero attached hydrogens (tertiary/aromatic N) is 3. The fourth-order valence-corrected chi connectivity index (χ4v) is 2.66. The fourth-order valence-electron chi connectivity index (χ4n) is 1.49. The average Bonchev–Trinajstić information content (AvgIpc) is 2.36. The van der Waals surface area contributed by atoms with Gasteiger partial charge in [0, 0.05) is 6.07 Å². The Bertz CT molecular complexity index is 593. The summed E-state index contributed by atoms with van der Waals surface area (Å²) >= 11 is 7.46. The van der Waals surface area contributed by atoms with Crippen molar-refractivity contribution in [3.63, 3.8) is 0 Å². The summed E-state index contributed by atoms with van der Waals surface area (Å²) in [6.45, 7) is 0. The topological polar surface area (TPSA) is 59.9 Å². The predicted octanol–water partition coefficient (Wildman–Crippen LogP) is 2.74. The van der Waals surface area contributed by atoms with Crippen LogP contribution in [0.1, 0.15) is 0 Å². The number of fused-ring (bicyclic) bond motifs is 2. The van der Waals surface area contributed by atoms with Crippen molar-refractivity contribution < 1.29 is 4.74 Å². The number of rotatable bonds is 1. The molecule has 0 radical (unpaired) electrons. The number of ether oxygens (including phenoxy) is 1. The molecular formula is C10H7ClN4OS. The largest absolute Gasteiger partial charge is 0.481 e. The molecule has 2 aromatic heterocycles. The van der Waals surface area contributed by atoms with Crippen LogP contribution in [0.5, 0.6) is 5.88 Å². The van der Waals surface area contributed by atoms with Crippen LogP contribution in [0, 0.1) is 0 Å². The lowest BCUT2D eigenvalue weighted by atomic mass is 10.3. The maximum atomic E-state index is 5.97. The number of aromatic nitrogens is 3. The Balaban J connectivity index is 2.08. The number of hydrogen-bond acceptors (Lipinski definition) is 6. The molecule has 1 aliphatic heterocycles. The molecule has 0 aromatic carbocycles. The van der Waals surface area contributed by atoms with E-state index < -0.39 is 0 Å². The summed E-state index contributed by atoms with van der Waals surface area (Å²) in [7, 11) is 1.59. The van der Waals surface area contributed by atoms with E-state index >= 15 is 0 Å². The van der Waals surface area contributed by atoms with Crippen LogP contribution in [-0.4, -0.2) is 22.3 Å². The molecule has 0 unspecified atom stereocenters. The third kappa shape index (κ3) is 1.79. The number of nitrogens with one attached hydrogen (secondary N) is 1. The van der Waals surface area contributed by atoms with Crippen molar-refractivity contribution in [1.29, 1.82) is 0 Å². The molecule has 0 saturated heterocycles. The second kappa shape index (κ2) is 4.05. The lowest BCUT2D eigenvalue weighted by molar-refractivity contribution is 0.394. The van der Waals surface area contributed by atoms with Crippen molar-refractivity contribution in [1.82, 2.24) is 15.2 Å². The van der Waals surface area contributed by atoms with Crippen molar-refractivity contribution >= 4 is 34.7 Å². The van der Waals surface area contributed by atoms with Gasteiger partial charge < -0.3 is 10.1 Å². The lowest BCUT2D eigenvalue weighted by Crippen LogP contribution is -2.04. The molecule has 0 amide bonds. The van der Waals surface area contributed by atoms with Crippen LogP contribution in [0.25, 0.3) is 0 Å². The molecular weight excluding hydrogens is 260 g/mol. The molecule has 0 saturated carbocycles. The molecule has 0 spiro atoms. The Hall–Kier alpha value is -1.53. The van der Waals surface area contributed by atoms with Crippen LogP contribution in [-0.2, 0) is 0 Å². The molecule has 17 heavy (non-hydrogen) atoms. The number of halogens is 1. The van der Waals surface area contributed by atoms with E-state index in [2.05, 4.69) is 20.5 Å². The van der Waals surface area contributed by atoms with E-state index in [4.69, 9.17) is 16.3 Å². The van der Waals surface area contributed by atoms with Gasteiger partial charge in [-0.05, 0) is 6.07 Å². The fraction of sp³-hybridized carbons (Fsp3) is 0.100. The minimum Gasteiger partial charge on any atom is -0.481 e. The lowest BCUT2D eigenvalue weighted by Gasteiger charge is -2.19. The van der Waals surface area contributed by atoms with Crippen LogP contribution < -0.4 is 10.1 Å². The summed E-state index contributed by atoms with van der Waals surface area (Å²) < 4.78 is 5.09. The SMILES string of the molecule is COc1ccc2c(n1)Sc1cnnc(Cl)c1N2. The van der Waals surface area contributed by atoms with Gasteiger partial charge in [-0.1, -0.05) is 23.4 Å². The number of hydrogen-bond donors (Lipinski definition) is 1. The molecule has 7 heteroatoms. The molecule has 1 aliphatic rings. The van der Waals surface area contributed by atoms with Crippen LogP contribution in [0.15, 0.2) is 28.3 Å². The summed E-state index contributed by atoms with van der Waals surface area (Å²) in [6.07, 6.45) is 1.66. The molecule has 86 valence electrons. The first-order valence-corrected chi connectivity index (χ1v) is 5.98. The predicted molar refractivity (Wildman–Crippen MR) is 65.2 cm³/mol. The maximum Gasteiger partial charge on any atom is 0.214 e. The zero-order chi connectivity index (χ0) is 11.8. The minimum atomic E-state index is 0.358. The number of methoxy groups -OCH3 is 1. The summed E-state index contributed by atoms with van der Waals surface area (Å²) in [5.74, 6) is 0.578. The smallest absolute Gasteiger partial charge is 0.214 e. The first kappa shape index (κ1) is 10.6. The molecule has 1 N–H and O–H groups in total. The molecule has 3 rings (SSSR count). The monoisotopic (exact) mass is 266 g/mol. The Kier molecular flexibility index (Phi) is 2.53. The van der Waals surface area contributed by atoms with Gasteiger partial charge in [0.2, 0.25) is 5.88 Å². The maximum absolute atomic E-state index is 5.97. The Morgan fingerprint density at radius 3 is 3.12 bits per heavy atom. The summed E-state index contributed by atoms with van der Waals surface area (Å²) in [5.41, 5.74) is 1.66. The molecule has 5 nitrogen and oxygen atoms in total. The van der Waals surface area contributed by atoms with Crippen molar-refractivity contribution in [3.8, 4) is 5.88 Å². The van der Waals surface area contributed by atoms with E-state index in [1.807, 2.05) is 6.07 Å². The van der Waals surface area contributed by atoms with E-state index in [9.17, 15) is 0 Å².